The van der Waals surface area contributed by atoms with Crippen LogP contribution in [-0.2, 0) is 26.0 Å². The van der Waals surface area contributed by atoms with E-state index in [0.717, 1.165) is 24.8 Å². The van der Waals surface area contributed by atoms with Gasteiger partial charge in [-0.25, -0.2) is 8.42 Å². The molecule has 1 heterocycles. The average Bonchev–Trinajstić information content (AvgIpc) is 2.67. The number of nitrogens with one attached hydrogen (secondary N) is 2. The third-order valence-corrected chi connectivity index (χ3v) is 6.10. The van der Waals surface area contributed by atoms with Crippen molar-refractivity contribution in [3.8, 4) is 0 Å². The van der Waals surface area contributed by atoms with E-state index in [1.54, 1.807) is 24.3 Å². The van der Waals surface area contributed by atoms with Crippen molar-refractivity contribution >= 4 is 21.8 Å². The lowest BCUT2D eigenvalue weighted by Crippen LogP contribution is -2.40. The Morgan fingerprint density at radius 2 is 1.65 bits per heavy atom. The molecular formula is C18H25N3O4S. The molecule has 7 nitrogen and oxygen atoms in total. The molecular weight excluding hydrogens is 354 g/mol. The fourth-order valence-electron chi connectivity index (χ4n) is 2.73. The van der Waals surface area contributed by atoms with Crippen molar-refractivity contribution in [3.05, 3.63) is 42.5 Å². The lowest BCUT2D eigenvalue weighted by Gasteiger charge is -2.25. The SMILES string of the molecule is C=CCNC(=O)C(=O)NCCc1ccc(S(=O)(=O)N2CCCCC2)cc1. The molecule has 1 aromatic carbocycles. The highest BCUT2D eigenvalue weighted by atomic mass is 32.2. The van der Waals surface area contributed by atoms with Crippen LogP contribution in [0.15, 0.2) is 41.8 Å². The molecule has 2 rings (SSSR count). The van der Waals surface area contributed by atoms with E-state index in [-0.39, 0.29) is 11.4 Å². The molecule has 0 unspecified atom stereocenters. The van der Waals surface area contributed by atoms with Gasteiger partial charge in [-0.1, -0.05) is 24.6 Å². The summed E-state index contributed by atoms with van der Waals surface area (Å²) in [5.74, 6) is -1.40. The second-order valence-electron chi connectivity index (χ2n) is 6.11. The zero-order valence-corrected chi connectivity index (χ0v) is 15.6. The van der Waals surface area contributed by atoms with Crippen LogP contribution in [0.3, 0.4) is 0 Å². The number of sulfonamides is 1. The summed E-state index contributed by atoms with van der Waals surface area (Å²) in [6.45, 7) is 5.13. The predicted octanol–water partition coefficient (Wildman–Crippen LogP) is 0.822. The van der Waals surface area contributed by atoms with Gasteiger partial charge in [0.15, 0.2) is 0 Å². The van der Waals surface area contributed by atoms with Crippen LogP contribution in [0.2, 0.25) is 0 Å². The first kappa shape index (κ1) is 20.1. The van der Waals surface area contributed by atoms with E-state index in [1.165, 1.54) is 10.4 Å². The standard InChI is InChI=1S/C18H25N3O4S/c1-2-11-19-17(22)18(23)20-12-10-15-6-8-16(9-7-15)26(24,25)21-13-4-3-5-14-21/h2,6-9H,1,3-5,10-14H2,(H,19,22)(H,20,23). The number of nitrogens with zero attached hydrogens (tertiary/aromatic N) is 1. The summed E-state index contributed by atoms with van der Waals surface area (Å²) in [6.07, 6.45) is 4.87. The first-order valence-electron chi connectivity index (χ1n) is 8.71. The summed E-state index contributed by atoms with van der Waals surface area (Å²) in [7, 11) is -3.43. The first-order chi connectivity index (χ1) is 12.4. The maximum atomic E-state index is 12.6. The minimum atomic E-state index is -3.43. The summed E-state index contributed by atoms with van der Waals surface area (Å²) >= 11 is 0. The fraction of sp³-hybridized carbons (Fsp3) is 0.444. The van der Waals surface area contributed by atoms with Crippen LogP contribution in [0.1, 0.15) is 24.8 Å². The van der Waals surface area contributed by atoms with E-state index >= 15 is 0 Å². The number of benzene rings is 1. The van der Waals surface area contributed by atoms with Crippen LogP contribution in [0, 0.1) is 0 Å². The maximum Gasteiger partial charge on any atom is 0.309 e. The van der Waals surface area contributed by atoms with Gasteiger partial charge in [0.25, 0.3) is 0 Å². The van der Waals surface area contributed by atoms with Gasteiger partial charge in [-0.3, -0.25) is 9.59 Å². The monoisotopic (exact) mass is 379 g/mol. The van der Waals surface area contributed by atoms with E-state index in [2.05, 4.69) is 17.2 Å². The Hall–Kier alpha value is -2.19. The average molecular weight is 379 g/mol. The Labute approximate surface area is 154 Å². The third kappa shape index (κ3) is 5.40. The number of carbonyl (C=O) groups is 2. The molecule has 1 aliphatic rings. The minimum Gasteiger partial charge on any atom is -0.348 e. The van der Waals surface area contributed by atoms with Crippen molar-refractivity contribution in [2.75, 3.05) is 26.2 Å². The van der Waals surface area contributed by atoms with E-state index in [9.17, 15) is 18.0 Å². The van der Waals surface area contributed by atoms with Crippen LogP contribution < -0.4 is 10.6 Å². The number of carbonyl (C=O) groups excluding carboxylic acids is 2. The van der Waals surface area contributed by atoms with E-state index in [1.807, 2.05) is 0 Å². The highest BCUT2D eigenvalue weighted by Gasteiger charge is 2.25. The molecule has 0 radical (unpaired) electrons. The predicted molar refractivity (Wildman–Crippen MR) is 99.0 cm³/mol. The molecule has 0 atom stereocenters. The Kier molecular flexibility index (Phi) is 7.35. The van der Waals surface area contributed by atoms with Crippen molar-refractivity contribution in [3.63, 3.8) is 0 Å². The summed E-state index contributed by atoms with van der Waals surface area (Å²) in [6, 6.07) is 6.66. The third-order valence-electron chi connectivity index (χ3n) is 4.19. The summed E-state index contributed by atoms with van der Waals surface area (Å²) in [4.78, 5) is 23.3. The Bertz CT molecular complexity index is 738. The van der Waals surface area contributed by atoms with Gasteiger partial charge < -0.3 is 10.6 Å². The largest absolute Gasteiger partial charge is 0.348 e. The molecule has 142 valence electrons. The normalized spacial score (nSPS) is 15.2. The smallest absolute Gasteiger partial charge is 0.309 e. The molecule has 0 saturated carbocycles. The summed E-state index contributed by atoms with van der Waals surface area (Å²) in [5.41, 5.74) is 0.884. The van der Waals surface area contributed by atoms with Crippen molar-refractivity contribution in [1.29, 1.82) is 0 Å². The molecule has 2 N–H and O–H groups in total. The fourth-order valence-corrected chi connectivity index (χ4v) is 4.25. The first-order valence-corrected chi connectivity index (χ1v) is 10.1. The molecule has 1 aromatic rings. The van der Waals surface area contributed by atoms with Crippen LogP contribution >= 0.6 is 0 Å². The van der Waals surface area contributed by atoms with Gasteiger partial charge in [0.2, 0.25) is 10.0 Å². The Balaban J connectivity index is 1.86. The summed E-state index contributed by atoms with van der Waals surface area (Å²) < 4.78 is 26.7. The topological polar surface area (TPSA) is 95.6 Å². The van der Waals surface area contributed by atoms with Crippen molar-refractivity contribution in [2.45, 2.75) is 30.6 Å². The van der Waals surface area contributed by atoms with Crippen LogP contribution in [0.4, 0.5) is 0 Å². The molecule has 8 heteroatoms. The molecule has 1 aliphatic heterocycles. The molecule has 0 aliphatic carbocycles. The molecule has 0 spiro atoms. The number of rotatable bonds is 7. The van der Waals surface area contributed by atoms with E-state index in [0.29, 0.717) is 26.1 Å². The lowest BCUT2D eigenvalue weighted by atomic mass is 10.1. The van der Waals surface area contributed by atoms with E-state index in [4.69, 9.17) is 0 Å². The second-order valence-corrected chi connectivity index (χ2v) is 8.05. The number of hydrogen-bond donors (Lipinski definition) is 2. The summed E-state index contributed by atoms with van der Waals surface area (Å²) in [5, 5.41) is 4.92. The number of amides is 2. The van der Waals surface area contributed by atoms with Crippen molar-refractivity contribution in [1.82, 2.24) is 14.9 Å². The van der Waals surface area contributed by atoms with Gasteiger partial charge >= 0.3 is 11.8 Å². The van der Waals surface area contributed by atoms with Gasteiger partial charge in [0, 0.05) is 26.2 Å². The lowest BCUT2D eigenvalue weighted by molar-refractivity contribution is -0.139. The van der Waals surface area contributed by atoms with Crippen molar-refractivity contribution < 1.29 is 18.0 Å². The highest BCUT2D eigenvalue weighted by Crippen LogP contribution is 2.20. The van der Waals surface area contributed by atoms with E-state index < -0.39 is 21.8 Å². The minimum absolute atomic E-state index is 0.235. The number of hydrogen-bond acceptors (Lipinski definition) is 4. The Morgan fingerprint density at radius 3 is 2.27 bits per heavy atom. The van der Waals surface area contributed by atoms with Gasteiger partial charge in [-0.05, 0) is 37.0 Å². The molecule has 1 fully saturated rings. The molecule has 26 heavy (non-hydrogen) atoms. The van der Waals surface area contributed by atoms with Gasteiger partial charge in [-0.2, -0.15) is 4.31 Å². The zero-order valence-electron chi connectivity index (χ0n) is 14.7. The zero-order chi connectivity index (χ0) is 19.0. The molecule has 1 saturated heterocycles. The maximum absolute atomic E-state index is 12.6. The molecule has 0 bridgehead atoms. The van der Waals surface area contributed by atoms with Crippen LogP contribution in [-0.4, -0.2) is 50.7 Å². The van der Waals surface area contributed by atoms with Gasteiger partial charge in [0.05, 0.1) is 4.90 Å². The van der Waals surface area contributed by atoms with Gasteiger partial charge in [0.1, 0.15) is 0 Å². The Morgan fingerprint density at radius 1 is 1.04 bits per heavy atom. The van der Waals surface area contributed by atoms with Crippen LogP contribution in [0.5, 0.6) is 0 Å². The highest BCUT2D eigenvalue weighted by molar-refractivity contribution is 7.89. The van der Waals surface area contributed by atoms with Crippen molar-refractivity contribution in [2.24, 2.45) is 0 Å². The number of piperidine rings is 1. The van der Waals surface area contributed by atoms with Gasteiger partial charge in [-0.15, -0.1) is 6.58 Å². The van der Waals surface area contributed by atoms with Crippen LogP contribution in [0.25, 0.3) is 0 Å². The quantitative estimate of drug-likeness (QED) is 0.542. The molecule has 2 amide bonds. The second kappa shape index (κ2) is 9.49. The molecule has 0 aromatic heterocycles.